The Morgan fingerprint density at radius 2 is 1.75 bits per heavy atom. The van der Waals surface area contributed by atoms with Crippen molar-refractivity contribution < 1.29 is 9.59 Å². The molecule has 0 aliphatic rings. The lowest BCUT2D eigenvalue weighted by atomic mass is 10.0. The van der Waals surface area contributed by atoms with Gasteiger partial charge in [0.15, 0.2) is 0 Å². The molecule has 5 heteroatoms. The van der Waals surface area contributed by atoms with Gasteiger partial charge in [0.2, 0.25) is 5.91 Å². The number of nitrogens with one attached hydrogen (secondary N) is 1. The predicted octanol–water partition coefficient (Wildman–Crippen LogP) is 3.46. The van der Waals surface area contributed by atoms with Crippen LogP contribution in [-0.2, 0) is 6.42 Å². The Kier molecular flexibility index (Phi) is 4.72. The Bertz CT molecular complexity index is 1200. The van der Waals surface area contributed by atoms with Crippen molar-refractivity contribution in [1.82, 2.24) is 10.3 Å². The molecule has 0 aliphatic heterocycles. The van der Waals surface area contributed by atoms with E-state index in [2.05, 4.69) is 10.3 Å². The summed E-state index contributed by atoms with van der Waals surface area (Å²) in [5.74, 6) is -0.625. The lowest BCUT2D eigenvalue weighted by Gasteiger charge is -2.10. The minimum atomic E-state index is -0.459. The van der Waals surface area contributed by atoms with Crippen LogP contribution in [0.15, 0.2) is 72.9 Å². The maximum absolute atomic E-state index is 12.8. The first-order valence-electron chi connectivity index (χ1n) is 9.07. The molecule has 0 aliphatic carbocycles. The quantitative estimate of drug-likeness (QED) is 0.528. The van der Waals surface area contributed by atoms with Gasteiger partial charge < -0.3 is 11.1 Å². The maximum atomic E-state index is 12.8. The summed E-state index contributed by atoms with van der Waals surface area (Å²) in [6, 6.07) is 20.8. The number of rotatable bonds is 5. The normalized spacial score (nSPS) is 10.9. The third-order valence-electron chi connectivity index (χ3n) is 4.77. The molecule has 2 amide bonds. The number of carbonyl (C=O) groups excluding carboxylic acids is 2. The summed E-state index contributed by atoms with van der Waals surface area (Å²) in [6.45, 7) is 0.447. The molecular weight excluding hydrogens is 350 g/mol. The number of pyridine rings is 1. The van der Waals surface area contributed by atoms with E-state index in [0.29, 0.717) is 29.6 Å². The summed E-state index contributed by atoms with van der Waals surface area (Å²) in [6.07, 6.45) is 2.30. The summed E-state index contributed by atoms with van der Waals surface area (Å²) in [4.78, 5) is 28.6. The summed E-state index contributed by atoms with van der Waals surface area (Å²) >= 11 is 0. The van der Waals surface area contributed by atoms with Crippen LogP contribution in [-0.4, -0.2) is 23.3 Å². The number of carbonyl (C=O) groups is 2. The van der Waals surface area contributed by atoms with Crippen molar-refractivity contribution in [3.8, 4) is 0 Å². The van der Waals surface area contributed by atoms with Crippen molar-refractivity contribution in [3.05, 3.63) is 89.6 Å². The SMILES string of the molecule is NC(=O)c1cccc(CCNC(=O)c2cc3ccccc3c3cccnc23)c1. The van der Waals surface area contributed by atoms with E-state index in [4.69, 9.17) is 5.73 Å². The fourth-order valence-electron chi connectivity index (χ4n) is 3.40. The highest BCUT2D eigenvalue weighted by molar-refractivity contribution is 6.15. The topological polar surface area (TPSA) is 85.1 Å². The molecule has 4 aromatic rings. The van der Waals surface area contributed by atoms with Crippen molar-refractivity contribution in [3.63, 3.8) is 0 Å². The highest BCUT2D eigenvalue weighted by Crippen LogP contribution is 2.27. The van der Waals surface area contributed by atoms with Gasteiger partial charge >= 0.3 is 0 Å². The zero-order valence-corrected chi connectivity index (χ0v) is 15.2. The molecule has 28 heavy (non-hydrogen) atoms. The van der Waals surface area contributed by atoms with Gasteiger partial charge in [-0.15, -0.1) is 0 Å². The number of aromatic nitrogens is 1. The van der Waals surface area contributed by atoms with Gasteiger partial charge in [0.25, 0.3) is 5.91 Å². The average molecular weight is 369 g/mol. The number of benzene rings is 3. The van der Waals surface area contributed by atoms with Crippen molar-refractivity contribution >= 4 is 33.5 Å². The number of hydrogen-bond acceptors (Lipinski definition) is 3. The van der Waals surface area contributed by atoms with Gasteiger partial charge in [0.1, 0.15) is 0 Å². The Hall–Kier alpha value is -3.73. The third kappa shape index (κ3) is 3.42. The number of primary amides is 1. The van der Waals surface area contributed by atoms with Crippen LogP contribution in [0.2, 0.25) is 0 Å². The Morgan fingerprint density at radius 1 is 0.929 bits per heavy atom. The monoisotopic (exact) mass is 369 g/mol. The molecule has 0 saturated heterocycles. The number of fused-ring (bicyclic) bond motifs is 3. The standard InChI is InChI=1S/C23H19N3O2/c24-22(27)17-7-3-5-15(13-17)10-12-26-23(28)20-14-16-6-1-2-8-18(16)19-9-4-11-25-21(19)20/h1-9,11,13-14H,10,12H2,(H2,24,27)(H,26,28). The lowest BCUT2D eigenvalue weighted by Crippen LogP contribution is -2.26. The van der Waals surface area contributed by atoms with Crippen molar-refractivity contribution in [2.75, 3.05) is 6.54 Å². The minimum absolute atomic E-state index is 0.166. The summed E-state index contributed by atoms with van der Waals surface area (Å²) < 4.78 is 0. The molecule has 1 heterocycles. The molecule has 0 spiro atoms. The Labute approximate surface area is 162 Å². The molecule has 3 aromatic carbocycles. The Balaban J connectivity index is 1.57. The largest absolute Gasteiger partial charge is 0.366 e. The second-order valence-corrected chi connectivity index (χ2v) is 6.62. The second-order valence-electron chi connectivity index (χ2n) is 6.62. The summed E-state index contributed by atoms with van der Waals surface area (Å²) in [5.41, 5.74) is 7.97. The van der Waals surface area contributed by atoms with Crippen LogP contribution in [0.5, 0.6) is 0 Å². The van der Waals surface area contributed by atoms with E-state index in [1.165, 1.54) is 0 Å². The maximum Gasteiger partial charge on any atom is 0.253 e. The molecule has 0 radical (unpaired) electrons. The number of nitrogens with two attached hydrogens (primary N) is 1. The van der Waals surface area contributed by atoms with Gasteiger partial charge in [-0.25, -0.2) is 0 Å². The molecule has 138 valence electrons. The lowest BCUT2D eigenvalue weighted by molar-refractivity contribution is 0.0954. The van der Waals surface area contributed by atoms with Crippen LogP contribution in [0.25, 0.3) is 21.7 Å². The van der Waals surface area contributed by atoms with E-state index in [1.54, 1.807) is 24.4 Å². The molecular formula is C23H19N3O2. The fourth-order valence-corrected chi connectivity index (χ4v) is 3.40. The van der Waals surface area contributed by atoms with Crippen LogP contribution in [0.4, 0.5) is 0 Å². The van der Waals surface area contributed by atoms with Gasteiger partial charge in [-0.3, -0.25) is 14.6 Å². The molecule has 0 atom stereocenters. The van der Waals surface area contributed by atoms with Crippen molar-refractivity contribution in [2.45, 2.75) is 6.42 Å². The van der Waals surface area contributed by atoms with Gasteiger partial charge in [0.05, 0.1) is 11.1 Å². The molecule has 0 saturated carbocycles. The van der Waals surface area contributed by atoms with Crippen LogP contribution >= 0.6 is 0 Å². The first-order chi connectivity index (χ1) is 13.6. The zero-order chi connectivity index (χ0) is 19.5. The molecule has 4 rings (SSSR count). The molecule has 1 aromatic heterocycles. The Morgan fingerprint density at radius 3 is 2.61 bits per heavy atom. The number of amides is 2. The van der Waals surface area contributed by atoms with Gasteiger partial charge in [-0.1, -0.05) is 42.5 Å². The van der Waals surface area contributed by atoms with Crippen molar-refractivity contribution in [1.29, 1.82) is 0 Å². The van der Waals surface area contributed by atoms with Crippen molar-refractivity contribution in [2.24, 2.45) is 5.73 Å². The van der Waals surface area contributed by atoms with Gasteiger partial charge in [0, 0.05) is 23.7 Å². The average Bonchev–Trinajstić information content (AvgIpc) is 2.73. The van der Waals surface area contributed by atoms with E-state index < -0.39 is 5.91 Å². The predicted molar refractivity (Wildman–Crippen MR) is 110 cm³/mol. The first kappa shape index (κ1) is 17.7. The smallest absolute Gasteiger partial charge is 0.253 e. The fraction of sp³-hybridized carbons (Fsp3) is 0.0870. The molecule has 5 nitrogen and oxygen atoms in total. The second kappa shape index (κ2) is 7.48. The van der Waals surface area contributed by atoms with E-state index in [0.717, 1.165) is 21.7 Å². The van der Waals surface area contributed by atoms with Crippen LogP contribution < -0.4 is 11.1 Å². The molecule has 0 fully saturated rings. The van der Waals surface area contributed by atoms with Gasteiger partial charge in [-0.2, -0.15) is 0 Å². The van der Waals surface area contributed by atoms with Crippen LogP contribution in [0.3, 0.4) is 0 Å². The first-order valence-corrected chi connectivity index (χ1v) is 9.07. The summed E-state index contributed by atoms with van der Waals surface area (Å²) in [5, 5.41) is 5.99. The van der Waals surface area contributed by atoms with Gasteiger partial charge in [-0.05, 0) is 47.0 Å². The van der Waals surface area contributed by atoms with E-state index in [1.807, 2.05) is 48.5 Å². The van der Waals surface area contributed by atoms with Crippen LogP contribution in [0, 0.1) is 0 Å². The zero-order valence-electron chi connectivity index (χ0n) is 15.2. The van der Waals surface area contributed by atoms with Crippen LogP contribution in [0.1, 0.15) is 26.3 Å². The third-order valence-corrected chi connectivity index (χ3v) is 4.77. The number of nitrogens with zero attached hydrogens (tertiary/aromatic N) is 1. The minimum Gasteiger partial charge on any atom is -0.366 e. The molecule has 0 unspecified atom stereocenters. The molecule has 3 N–H and O–H groups in total. The summed E-state index contributed by atoms with van der Waals surface area (Å²) in [7, 11) is 0. The van der Waals surface area contributed by atoms with E-state index >= 15 is 0 Å². The molecule has 0 bridgehead atoms. The highest BCUT2D eigenvalue weighted by Gasteiger charge is 2.13. The number of hydrogen-bond donors (Lipinski definition) is 2. The highest BCUT2D eigenvalue weighted by atomic mass is 16.2. The van der Waals surface area contributed by atoms with E-state index in [9.17, 15) is 9.59 Å². The van der Waals surface area contributed by atoms with E-state index in [-0.39, 0.29) is 5.91 Å².